The molecule has 4 heterocycles. The van der Waals surface area contributed by atoms with Crippen LogP contribution in [0.3, 0.4) is 0 Å². The van der Waals surface area contributed by atoms with Gasteiger partial charge in [0.05, 0.1) is 24.7 Å². The van der Waals surface area contributed by atoms with Gasteiger partial charge < -0.3 is 25.8 Å². The summed E-state index contributed by atoms with van der Waals surface area (Å²) in [5.74, 6) is -2.86. The van der Waals surface area contributed by atoms with Gasteiger partial charge in [-0.25, -0.2) is 23.1 Å². The number of anilines is 1. The lowest BCUT2D eigenvalue weighted by atomic mass is 9.92. The molecule has 4 N–H and O–H groups in total. The number of nitrogens with one attached hydrogen (secondary N) is 1. The maximum Gasteiger partial charge on any atom is 0.268 e. The van der Waals surface area contributed by atoms with E-state index < -0.39 is 47.0 Å². The summed E-state index contributed by atoms with van der Waals surface area (Å²) in [7, 11) is 0. The predicted molar refractivity (Wildman–Crippen MR) is 163 cm³/mol. The fourth-order valence-corrected chi connectivity index (χ4v) is 6.45. The molecule has 0 saturated carbocycles. The Balaban J connectivity index is 1.03. The normalized spacial score (nSPS) is 25.4. The van der Waals surface area contributed by atoms with Crippen LogP contribution in [0.15, 0.2) is 54.9 Å². The zero-order valence-electron chi connectivity index (χ0n) is 24.6. The van der Waals surface area contributed by atoms with Gasteiger partial charge in [0.25, 0.3) is 11.8 Å². The number of aromatic nitrogens is 2. The molecule has 46 heavy (non-hydrogen) atoms. The maximum absolute atomic E-state index is 14.3. The van der Waals surface area contributed by atoms with Gasteiger partial charge >= 0.3 is 0 Å². The Hall–Kier alpha value is -3.88. The van der Waals surface area contributed by atoms with Crippen molar-refractivity contribution in [1.29, 1.82) is 0 Å². The van der Waals surface area contributed by atoms with Crippen LogP contribution in [0.25, 0.3) is 5.57 Å². The fourth-order valence-electron chi connectivity index (χ4n) is 6.20. The minimum atomic E-state index is -2.29. The molecule has 0 radical (unpaired) electrons. The van der Waals surface area contributed by atoms with Gasteiger partial charge in [0, 0.05) is 55.3 Å². The molecule has 0 bridgehead atoms. The molecule has 6 rings (SSSR count). The topological polar surface area (TPSA) is 134 Å². The lowest BCUT2D eigenvalue weighted by molar-refractivity contribution is -0.149. The van der Waals surface area contributed by atoms with Gasteiger partial charge in [-0.2, -0.15) is 0 Å². The lowest BCUT2D eigenvalue weighted by Gasteiger charge is -2.41. The Kier molecular flexibility index (Phi) is 9.12. The molecule has 242 valence electrons. The maximum atomic E-state index is 14.3. The molecule has 2 aromatic carbocycles. The Morgan fingerprint density at radius 1 is 1.13 bits per heavy atom. The second-order valence-electron chi connectivity index (χ2n) is 11.7. The number of carbonyl (C=O) groups excluding carboxylic acids is 2. The van der Waals surface area contributed by atoms with Crippen molar-refractivity contribution in [2.45, 2.75) is 49.6 Å². The van der Waals surface area contributed by atoms with E-state index in [0.717, 1.165) is 29.8 Å². The molecule has 2 saturated heterocycles. The van der Waals surface area contributed by atoms with E-state index in [1.54, 1.807) is 0 Å². The van der Waals surface area contributed by atoms with Crippen molar-refractivity contribution >= 4 is 34.7 Å². The van der Waals surface area contributed by atoms with E-state index in [1.165, 1.54) is 29.4 Å². The number of hydrogen-bond acceptors (Lipinski definition) is 8. The molecule has 3 aromatic rings. The van der Waals surface area contributed by atoms with E-state index in [9.17, 15) is 27.9 Å². The number of nitrogens with zero attached hydrogens (tertiary/aromatic N) is 4. The average Bonchev–Trinajstić information content (AvgIpc) is 3.35. The van der Waals surface area contributed by atoms with Crippen molar-refractivity contribution in [2.75, 3.05) is 31.1 Å². The van der Waals surface area contributed by atoms with Gasteiger partial charge in [-0.15, -0.1) is 0 Å². The van der Waals surface area contributed by atoms with Crippen LogP contribution in [-0.4, -0.2) is 75.7 Å². The summed E-state index contributed by atoms with van der Waals surface area (Å²) in [4.78, 5) is 38.3. The number of nitrogens with two attached hydrogens (primary N) is 1. The van der Waals surface area contributed by atoms with Crippen LogP contribution in [0.5, 0.6) is 0 Å². The van der Waals surface area contributed by atoms with E-state index in [0.29, 0.717) is 49.6 Å². The molecule has 0 unspecified atom stereocenters. The Morgan fingerprint density at radius 2 is 1.91 bits per heavy atom. The van der Waals surface area contributed by atoms with Crippen molar-refractivity contribution in [3.8, 4) is 0 Å². The Labute approximate surface area is 268 Å². The third-order valence-corrected chi connectivity index (χ3v) is 8.93. The molecule has 3 aliphatic heterocycles. The number of amides is 2. The van der Waals surface area contributed by atoms with Gasteiger partial charge in [-0.1, -0.05) is 17.7 Å². The summed E-state index contributed by atoms with van der Waals surface area (Å²) in [6.45, 7) is 1.57. The van der Waals surface area contributed by atoms with Crippen LogP contribution in [0, 0.1) is 17.5 Å². The SMILES string of the molecule is N[C@H]1C[C@@H](N2CC=C(c3ncc(N4CC[C@](O)(C(=O)NCc5cc(F)cc(Cl)c5)C4=O)cn3)CC2)CO[C@@H]1c1cc(F)ccc1F. The zero-order valence-corrected chi connectivity index (χ0v) is 25.4. The minimum absolute atomic E-state index is 0.00718. The van der Waals surface area contributed by atoms with Crippen LogP contribution >= 0.6 is 11.6 Å². The number of aliphatic hydroxyl groups is 1. The van der Waals surface area contributed by atoms with E-state index in [-0.39, 0.29) is 36.1 Å². The first-order valence-electron chi connectivity index (χ1n) is 14.9. The highest BCUT2D eigenvalue weighted by Gasteiger charge is 2.51. The van der Waals surface area contributed by atoms with Gasteiger partial charge in [0.15, 0.2) is 5.82 Å². The van der Waals surface area contributed by atoms with E-state index in [1.807, 2.05) is 6.08 Å². The standard InChI is InChI=1S/C32H32ClF3N6O4/c33-20-9-18(10-22(35)11-20)14-40-30(43)32(45)5-8-42(31(32)44)24-15-38-29(39-16-24)19-3-6-41(7-4-19)23-13-27(37)28(46-17-23)25-12-21(34)1-2-26(25)36/h1-3,9-12,15-16,23,27-28,45H,4-8,13-14,17,37H2,(H,40,43)/t23-,27+,28-,32+/m1/s1. The second kappa shape index (κ2) is 13.1. The van der Waals surface area contributed by atoms with Gasteiger partial charge in [-0.3, -0.25) is 14.5 Å². The smallest absolute Gasteiger partial charge is 0.268 e. The summed E-state index contributed by atoms with van der Waals surface area (Å²) >= 11 is 5.86. The van der Waals surface area contributed by atoms with Crippen LogP contribution in [-0.2, 0) is 20.9 Å². The molecular weight excluding hydrogens is 625 g/mol. The molecule has 0 spiro atoms. The summed E-state index contributed by atoms with van der Waals surface area (Å²) < 4.78 is 47.5. The molecule has 2 fully saturated rings. The van der Waals surface area contributed by atoms with Gasteiger partial charge in [-0.05, 0) is 60.4 Å². The van der Waals surface area contributed by atoms with Crippen molar-refractivity contribution in [3.63, 3.8) is 0 Å². The van der Waals surface area contributed by atoms with Crippen LogP contribution < -0.4 is 16.0 Å². The number of hydrogen-bond donors (Lipinski definition) is 3. The first-order chi connectivity index (χ1) is 22.0. The first kappa shape index (κ1) is 32.1. The van der Waals surface area contributed by atoms with E-state index in [2.05, 4.69) is 20.2 Å². The lowest BCUT2D eigenvalue weighted by Crippen LogP contribution is -2.52. The molecule has 10 nitrogen and oxygen atoms in total. The Bertz CT molecular complexity index is 1660. The molecule has 2 amide bonds. The number of rotatable bonds is 7. The molecule has 14 heteroatoms. The monoisotopic (exact) mass is 656 g/mol. The van der Waals surface area contributed by atoms with Crippen molar-refractivity contribution in [1.82, 2.24) is 20.2 Å². The summed E-state index contributed by atoms with van der Waals surface area (Å²) in [5, 5.41) is 13.6. The molecule has 1 aromatic heterocycles. The third kappa shape index (κ3) is 6.51. The quantitative estimate of drug-likeness (QED) is 0.330. The highest BCUT2D eigenvalue weighted by atomic mass is 35.5. The summed E-state index contributed by atoms with van der Waals surface area (Å²) in [6, 6.07) is 6.59. The van der Waals surface area contributed by atoms with Crippen LogP contribution in [0.2, 0.25) is 5.02 Å². The molecular formula is C32H32ClF3N6O4. The highest BCUT2D eigenvalue weighted by molar-refractivity contribution is 6.30. The second-order valence-corrected chi connectivity index (χ2v) is 12.2. The number of benzene rings is 2. The highest BCUT2D eigenvalue weighted by Crippen LogP contribution is 2.33. The van der Waals surface area contributed by atoms with Crippen LogP contribution in [0.4, 0.5) is 18.9 Å². The molecule has 0 aliphatic carbocycles. The van der Waals surface area contributed by atoms with E-state index in [4.69, 9.17) is 22.1 Å². The molecule has 4 atom stereocenters. The zero-order chi connectivity index (χ0) is 32.6. The first-order valence-corrected chi connectivity index (χ1v) is 15.2. The molecule has 3 aliphatic rings. The van der Waals surface area contributed by atoms with Crippen molar-refractivity contribution in [2.24, 2.45) is 5.73 Å². The minimum Gasteiger partial charge on any atom is -0.372 e. The fraction of sp³-hybridized carbons (Fsp3) is 0.375. The summed E-state index contributed by atoms with van der Waals surface area (Å²) in [6.07, 6.45) is 5.31. The van der Waals surface area contributed by atoms with Gasteiger partial charge in [0.2, 0.25) is 5.60 Å². The largest absolute Gasteiger partial charge is 0.372 e. The van der Waals surface area contributed by atoms with Crippen molar-refractivity contribution in [3.05, 3.63) is 94.3 Å². The summed E-state index contributed by atoms with van der Waals surface area (Å²) in [5.41, 5.74) is 5.83. The Morgan fingerprint density at radius 3 is 2.61 bits per heavy atom. The number of ether oxygens (including phenoxy) is 1. The van der Waals surface area contributed by atoms with Crippen molar-refractivity contribution < 1.29 is 32.6 Å². The number of halogens is 4. The third-order valence-electron chi connectivity index (χ3n) is 8.71. The van der Waals surface area contributed by atoms with E-state index >= 15 is 0 Å². The average molecular weight is 657 g/mol. The number of carbonyl (C=O) groups is 2. The van der Waals surface area contributed by atoms with Gasteiger partial charge in [0.1, 0.15) is 23.6 Å². The van der Waals surface area contributed by atoms with Crippen LogP contribution in [0.1, 0.15) is 42.3 Å². The predicted octanol–water partition coefficient (Wildman–Crippen LogP) is 3.28.